The number of aromatic nitrogens is 2. The van der Waals surface area contributed by atoms with Gasteiger partial charge in [-0.25, -0.2) is 0 Å². The molecule has 14 heavy (non-hydrogen) atoms. The molecule has 0 aliphatic heterocycles. The topological polar surface area (TPSA) is 48.6 Å². The lowest BCUT2D eigenvalue weighted by molar-refractivity contribution is 1.14. The van der Waals surface area contributed by atoms with E-state index in [0.29, 0.717) is 15.9 Å². The van der Waals surface area contributed by atoms with E-state index in [1.54, 1.807) is 12.1 Å². The Kier molecular flexibility index (Phi) is 2.47. The standard InChI is InChI=1S/C8H4BrClN2OS/c9-3-1-4-6(5(10)2-3)11-8(14)12-7(4)13/h1-2H,(H2,11,12,13,14). The summed E-state index contributed by atoms with van der Waals surface area (Å²) < 4.78 is 1.03. The van der Waals surface area contributed by atoms with Gasteiger partial charge >= 0.3 is 0 Å². The van der Waals surface area contributed by atoms with Gasteiger partial charge in [0.05, 0.1) is 15.9 Å². The van der Waals surface area contributed by atoms with E-state index in [-0.39, 0.29) is 10.3 Å². The molecule has 0 unspecified atom stereocenters. The summed E-state index contributed by atoms with van der Waals surface area (Å²) in [6, 6.07) is 3.39. The van der Waals surface area contributed by atoms with Crippen molar-refractivity contribution >= 4 is 50.7 Å². The quantitative estimate of drug-likeness (QED) is 0.733. The Labute approximate surface area is 97.2 Å². The number of fused-ring (bicyclic) bond motifs is 1. The van der Waals surface area contributed by atoms with Crippen LogP contribution in [0.5, 0.6) is 0 Å². The zero-order valence-corrected chi connectivity index (χ0v) is 9.89. The second-order valence-electron chi connectivity index (χ2n) is 2.72. The molecule has 0 aliphatic carbocycles. The normalized spacial score (nSPS) is 10.7. The first kappa shape index (κ1) is 9.89. The summed E-state index contributed by atoms with van der Waals surface area (Å²) in [5.74, 6) is 0. The van der Waals surface area contributed by atoms with Gasteiger partial charge in [-0.05, 0) is 24.4 Å². The molecule has 0 saturated carbocycles. The van der Waals surface area contributed by atoms with Gasteiger partial charge in [-0.2, -0.15) is 0 Å². The molecule has 0 amide bonds. The van der Waals surface area contributed by atoms with Gasteiger partial charge in [0.25, 0.3) is 5.56 Å². The van der Waals surface area contributed by atoms with Crippen molar-refractivity contribution in [2.75, 3.05) is 0 Å². The van der Waals surface area contributed by atoms with Gasteiger partial charge in [-0.1, -0.05) is 27.5 Å². The number of nitrogens with one attached hydrogen (secondary N) is 2. The number of halogens is 2. The van der Waals surface area contributed by atoms with Crippen molar-refractivity contribution in [3.05, 3.63) is 36.8 Å². The van der Waals surface area contributed by atoms with E-state index in [2.05, 4.69) is 25.9 Å². The van der Waals surface area contributed by atoms with Crippen LogP contribution in [0.4, 0.5) is 0 Å². The van der Waals surface area contributed by atoms with E-state index in [1.807, 2.05) is 0 Å². The highest BCUT2D eigenvalue weighted by molar-refractivity contribution is 9.10. The van der Waals surface area contributed by atoms with Crippen molar-refractivity contribution in [3.63, 3.8) is 0 Å². The van der Waals surface area contributed by atoms with Crippen molar-refractivity contribution in [2.24, 2.45) is 0 Å². The average Bonchev–Trinajstić information content (AvgIpc) is 2.07. The van der Waals surface area contributed by atoms with E-state index in [9.17, 15) is 4.79 Å². The minimum atomic E-state index is -0.244. The summed E-state index contributed by atoms with van der Waals surface area (Å²) in [6.07, 6.45) is 0. The van der Waals surface area contributed by atoms with Crippen LogP contribution in [0.3, 0.4) is 0 Å². The summed E-state index contributed by atoms with van der Waals surface area (Å²) >= 11 is 14.0. The first-order valence-corrected chi connectivity index (χ1v) is 5.27. The van der Waals surface area contributed by atoms with E-state index >= 15 is 0 Å². The molecular weight excluding hydrogens is 288 g/mol. The van der Waals surface area contributed by atoms with Crippen LogP contribution in [0.1, 0.15) is 0 Å². The average molecular weight is 292 g/mol. The van der Waals surface area contributed by atoms with Crippen LogP contribution >= 0.6 is 39.7 Å². The number of hydrogen-bond acceptors (Lipinski definition) is 2. The third-order valence-corrected chi connectivity index (χ3v) is 2.73. The van der Waals surface area contributed by atoms with Gasteiger partial charge in [0.15, 0.2) is 4.77 Å². The van der Waals surface area contributed by atoms with Crippen molar-refractivity contribution in [2.45, 2.75) is 0 Å². The van der Waals surface area contributed by atoms with Crippen LogP contribution in [0.15, 0.2) is 21.4 Å². The Morgan fingerprint density at radius 1 is 1.36 bits per heavy atom. The molecule has 0 spiro atoms. The van der Waals surface area contributed by atoms with Crippen molar-refractivity contribution in [3.8, 4) is 0 Å². The molecule has 0 radical (unpaired) electrons. The van der Waals surface area contributed by atoms with Gasteiger partial charge in [-0.3, -0.25) is 9.78 Å². The summed E-state index contributed by atoms with van der Waals surface area (Å²) in [7, 11) is 0. The maximum atomic E-state index is 11.5. The number of H-pyrrole nitrogens is 2. The van der Waals surface area contributed by atoms with E-state index in [0.717, 1.165) is 4.47 Å². The maximum absolute atomic E-state index is 11.5. The molecule has 0 saturated heterocycles. The predicted octanol–water partition coefficient (Wildman–Crippen LogP) is 3.00. The minimum absolute atomic E-state index is 0.244. The SMILES string of the molecule is O=c1[nH]c(=S)[nH]c2c(Cl)cc(Br)cc12. The van der Waals surface area contributed by atoms with Gasteiger partial charge in [-0.15, -0.1) is 0 Å². The monoisotopic (exact) mass is 290 g/mol. The largest absolute Gasteiger partial charge is 0.330 e. The fourth-order valence-electron chi connectivity index (χ4n) is 1.19. The first-order chi connectivity index (χ1) is 6.58. The Hall–Kier alpha value is -0.650. The molecule has 72 valence electrons. The van der Waals surface area contributed by atoms with Gasteiger partial charge in [0.1, 0.15) is 0 Å². The highest BCUT2D eigenvalue weighted by atomic mass is 79.9. The van der Waals surface area contributed by atoms with Crippen molar-refractivity contribution in [1.82, 2.24) is 9.97 Å². The van der Waals surface area contributed by atoms with Gasteiger partial charge in [0.2, 0.25) is 0 Å². The molecule has 1 heterocycles. The minimum Gasteiger partial charge on any atom is -0.330 e. The Morgan fingerprint density at radius 3 is 2.79 bits per heavy atom. The lowest BCUT2D eigenvalue weighted by atomic mass is 10.2. The summed E-state index contributed by atoms with van der Waals surface area (Å²) in [5, 5.41) is 0.949. The molecular formula is C8H4BrClN2OS. The fraction of sp³-hybridized carbons (Fsp3) is 0. The lowest BCUT2D eigenvalue weighted by Crippen LogP contribution is -2.07. The molecule has 2 N–H and O–H groups in total. The molecule has 6 heteroatoms. The third-order valence-electron chi connectivity index (χ3n) is 1.77. The predicted molar refractivity (Wildman–Crippen MR) is 62.5 cm³/mol. The van der Waals surface area contributed by atoms with E-state index < -0.39 is 0 Å². The smallest absolute Gasteiger partial charge is 0.259 e. The first-order valence-electron chi connectivity index (χ1n) is 3.69. The van der Waals surface area contributed by atoms with Crippen LogP contribution in [0, 0.1) is 4.77 Å². The number of rotatable bonds is 0. The molecule has 1 aromatic carbocycles. The number of aromatic amines is 2. The molecule has 2 rings (SSSR count). The molecule has 2 aromatic rings. The molecule has 3 nitrogen and oxygen atoms in total. The van der Waals surface area contributed by atoms with E-state index in [1.165, 1.54) is 0 Å². The summed E-state index contributed by atoms with van der Waals surface area (Å²) in [4.78, 5) is 16.8. The highest BCUT2D eigenvalue weighted by Crippen LogP contribution is 2.23. The summed E-state index contributed by atoms with van der Waals surface area (Å²) in [5.41, 5.74) is 0.315. The molecule has 0 atom stereocenters. The Morgan fingerprint density at radius 2 is 2.07 bits per heavy atom. The van der Waals surface area contributed by atoms with Crippen LogP contribution in [-0.4, -0.2) is 9.97 Å². The van der Waals surface area contributed by atoms with Gasteiger partial charge in [0, 0.05) is 4.47 Å². The Bertz CT molecular complexity index is 619. The number of hydrogen-bond donors (Lipinski definition) is 2. The van der Waals surface area contributed by atoms with Crippen molar-refractivity contribution in [1.29, 1.82) is 0 Å². The van der Waals surface area contributed by atoms with E-state index in [4.69, 9.17) is 23.8 Å². The summed E-state index contributed by atoms with van der Waals surface area (Å²) in [6.45, 7) is 0. The third kappa shape index (κ3) is 1.63. The second-order valence-corrected chi connectivity index (χ2v) is 4.45. The zero-order chi connectivity index (χ0) is 10.3. The van der Waals surface area contributed by atoms with Gasteiger partial charge < -0.3 is 4.98 Å². The Balaban J connectivity index is 3.10. The maximum Gasteiger partial charge on any atom is 0.259 e. The molecule has 0 aliphatic rings. The molecule has 0 fully saturated rings. The fourth-order valence-corrected chi connectivity index (χ4v) is 2.25. The van der Waals surface area contributed by atoms with Crippen LogP contribution in [-0.2, 0) is 0 Å². The second kappa shape index (κ2) is 3.49. The molecule has 0 bridgehead atoms. The molecule has 1 aromatic heterocycles. The van der Waals surface area contributed by atoms with Crippen LogP contribution in [0.2, 0.25) is 5.02 Å². The lowest BCUT2D eigenvalue weighted by Gasteiger charge is -2.00. The zero-order valence-electron chi connectivity index (χ0n) is 6.73. The van der Waals surface area contributed by atoms with Crippen LogP contribution in [0.25, 0.3) is 10.9 Å². The number of benzene rings is 1. The van der Waals surface area contributed by atoms with Crippen LogP contribution < -0.4 is 5.56 Å². The highest BCUT2D eigenvalue weighted by Gasteiger charge is 2.04. The van der Waals surface area contributed by atoms with Crippen molar-refractivity contribution < 1.29 is 0 Å².